The Morgan fingerprint density at radius 1 is 0.559 bits per heavy atom. The van der Waals surface area contributed by atoms with Crippen LogP contribution in [0, 0.1) is 34.6 Å². The molecule has 4 aromatic carbocycles. The molecule has 0 aliphatic heterocycles. The normalized spacial score (nSPS) is 10.9. The fraction of sp³-hybridized carbons (Fsp3) is 0.172. The first kappa shape index (κ1) is 23.1. The first-order valence-corrected chi connectivity index (χ1v) is 11.1. The summed E-state index contributed by atoms with van der Waals surface area (Å²) in [6.45, 7) is 9.56. The summed E-state index contributed by atoms with van der Waals surface area (Å²) in [5.41, 5.74) is 6.26. The van der Waals surface area contributed by atoms with E-state index in [4.69, 9.17) is 4.74 Å². The summed E-state index contributed by atoms with van der Waals surface area (Å²) < 4.78 is 6.07. The lowest BCUT2D eigenvalue weighted by atomic mass is 10.0. The van der Waals surface area contributed by atoms with Gasteiger partial charge < -0.3 is 25.0 Å². The average Bonchev–Trinajstić information content (AvgIpc) is 2.74. The van der Waals surface area contributed by atoms with Crippen LogP contribution in [-0.4, -0.2) is 15.3 Å². The third-order valence-electron chi connectivity index (χ3n) is 5.78. The Bertz CT molecular complexity index is 1270. The van der Waals surface area contributed by atoms with Gasteiger partial charge in [0.2, 0.25) is 0 Å². The average molecular weight is 456 g/mol. The molecule has 0 bridgehead atoms. The van der Waals surface area contributed by atoms with Crippen LogP contribution in [0.25, 0.3) is 0 Å². The molecule has 0 spiro atoms. The minimum Gasteiger partial charge on any atom is -0.508 e. The Labute approximate surface area is 200 Å². The fourth-order valence-electron chi connectivity index (χ4n) is 4.34. The Kier molecular flexibility index (Phi) is 6.12. The number of hydrogen-bond donors (Lipinski definition) is 3. The summed E-state index contributed by atoms with van der Waals surface area (Å²) in [4.78, 5) is 1.86. The van der Waals surface area contributed by atoms with Crippen molar-refractivity contribution in [2.24, 2.45) is 0 Å². The van der Waals surface area contributed by atoms with E-state index in [0.717, 1.165) is 33.5 Å². The standard InChI is InChI=1S/C29H29NO4/c1-17-11-20(4)28(26(32)13-17)30(29-21(5)12-18(2)14-27(29)33)22-7-6-8-23(16-22)34-24-9-10-25(31)19(3)15-24/h6-16,31-33H,1-5H3. The van der Waals surface area contributed by atoms with Gasteiger partial charge in [0.05, 0.1) is 17.1 Å². The van der Waals surface area contributed by atoms with Crippen molar-refractivity contribution in [2.75, 3.05) is 4.90 Å². The van der Waals surface area contributed by atoms with Gasteiger partial charge in [-0.3, -0.25) is 0 Å². The van der Waals surface area contributed by atoms with Crippen LogP contribution in [0.4, 0.5) is 17.1 Å². The lowest BCUT2D eigenvalue weighted by molar-refractivity contribution is 0.460. The van der Waals surface area contributed by atoms with Gasteiger partial charge in [-0.2, -0.15) is 0 Å². The van der Waals surface area contributed by atoms with Crippen LogP contribution in [0.3, 0.4) is 0 Å². The highest BCUT2D eigenvalue weighted by Gasteiger charge is 2.24. The highest BCUT2D eigenvalue weighted by Crippen LogP contribution is 2.47. The molecule has 0 saturated carbocycles. The monoisotopic (exact) mass is 455 g/mol. The van der Waals surface area contributed by atoms with Gasteiger partial charge in [0.1, 0.15) is 28.7 Å². The second-order valence-corrected chi connectivity index (χ2v) is 8.78. The molecule has 0 radical (unpaired) electrons. The molecule has 0 unspecified atom stereocenters. The van der Waals surface area contributed by atoms with Gasteiger partial charge in [0.25, 0.3) is 0 Å². The number of rotatable bonds is 5. The van der Waals surface area contributed by atoms with Gasteiger partial charge >= 0.3 is 0 Å². The molecule has 0 saturated heterocycles. The van der Waals surface area contributed by atoms with Crippen molar-refractivity contribution in [3.63, 3.8) is 0 Å². The maximum atomic E-state index is 11.0. The van der Waals surface area contributed by atoms with Crippen molar-refractivity contribution in [3.05, 3.63) is 94.5 Å². The van der Waals surface area contributed by atoms with Crippen LogP contribution in [0.1, 0.15) is 27.8 Å². The molecule has 0 aromatic heterocycles. The first-order chi connectivity index (χ1) is 16.1. The molecule has 4 aromatic rings. The zero-order valence-corrected chi connectivity index (χ0v) is 20.0. The molecule has 34 heavy (non-hydrogen) atoms. The molecular weight excluding hydrogens is 426 g/mol. The summed E-state index contributed by atoms with van der Waals surface area (Å²) in [5, 5.41) is 31.8. The summed E-state index contributed by atoms with van der Waals surface area (Å²) in [6.07, 6.45) is 0. The van der Waals surface area contributed by atoms with Crippen molar-refractivity contribution >= 4 is 17.1 Å². The smallest absolute Gasteiger partial charge is 0.140 e. The number of aromatic hydroxyl groups is 3. The maximum absolute atomic E-state index is 11.0. The van der Waals surface area contributed by atoms with E-state index in [1.807, 2.05) is 75.9 Å². The molecule has 0 aliphatic rings. The van der Waals surface area contributed by atoms with Gasteiger partial charge in [0.15, 0.2) is 0 Å². The zero-order chi connectivity index (χ0) is 24.6. The second-order valence-electron chi connectivity index (χ2n) is 8.78. The minimum atomic E-state index is 0.123. The lowest BCUT2D eigenvalue weighted by Gasteiger charge is -2.30. The summed E-state index contributed by atoms with van der Waals surface area (Å²) in [5.74, 6) is 1.64. The van der Waals surface area contributed by atoms with Gasteiger partial charge in [0, 0.05) is 6.07 Å². The molecule has 5 nitrogen and oxygen atoms in total. The summed E-state index contributed by atoms with van der Waals surface area (Å²) in [6, 6.07) is 20.0. The highest BCUT2D eigenvalue weighted by atomic mass is 16.5. The van der Waals surface area contributed by atoms with E-state index in [0.29, 0.717) is 22.9 Å². The molecule has 3 N–H and O–H groups in total. The molecule has 0 fully saturated rings. The van der Waals surface area contributed by atoms with Crippen LogP contribution in [0.5, 0.6) is 28.7 Å². The van der Waals surface area contributed by atoms with Crippen molar-refractivity contribution < 1.29 is 20.1 Å². The maximum Gasteiger partial charge on any atom is 0.140 e. The number of hydrogen-bond acceptors (Lipinski definition) is 5. The molecule has 0 atom stereocenters. The van der Waals surface area contributed by atoms with Crippen molar-refractivity contribution in [1.29, 1.82) is 0 Å². The fourth-order valence-corrected chi connectivity index (χ4v) is 4.34. The van der Waals surface area contributed by atoms with Crippen LogP contribution in [0.2, 0.25) is 0 Å². The van der Waals surface area contributed by atoms with E-state index in [9.17, 15) is 15.3 Å². The van der Waals surface area contributed by atoms with Crippen LogP contribution < -0.4 is 9.64 Å². The van der Waals surface area contributed by atoms with Gasteiger partial charge in [-0.15, -0.1) is 0 Å². The minimum absolute atomic E-state index is 0.123. The topological polar surface area (TPSA) is 73.2 Å². The van der Waals surface area contributed by atoms with Gasteiger partial charge in [-0.25, -0.2) is 0 Å². The number of phenolic OH excluding ortho intramolecular Hbond substituents is 3. The van der Waals surface area contributed by atoms with E-state index in [1.165, 1.54) is 0 Å². The molecule has 5 heteroatoms. The zero-order valence-electron chi connectivity index (χ0n) is 20.0. The molecule has 174 valence electrons. The van der Waals surface area contributed by atoms with Crippen molar-refractivity contribution in [1.82, 2.24) is 0 Å². The van der Waals surface area contributed by atoms with Crippen LogP contribution >= 0.6 is 0 Å². The summed E-state index contributed by atoms with van der Waals surface area (Å²) >= 11 is 0. The van der Waals surface area contributed by atoms with Crippen molar-refractivity contribution in [2.45, 2.75) is 34.6 Å². The quantitative estimate of drug-likeness (QED) is 0.289. The predicted molar refractivity (Wildman–Crippen MR) is 136 cm³/mol. The predicted octanol–water partition coefficient (Wildman–Crippen LogP) is 7.61. The second kappa shape index (κ2) is 9.02. The number of aryl methyl sites for hydroxylation is 5. The Hall–Kier alpha value is -4.12. The van der Waals surface area contributed by atoms with E-state index in [-0.39, 0.29) is 17.2 Å². The molecule has 0 heterocycles. The molecular formula is C29H29NO4. The molecule has 0 aliphatic carbocycles. The summed E-state index contributed by atoms with van der Waals surface area (Å²) in [7, 11) is 0. The number of anilines is 3. The van der Waals surface area contributed by atoms with Gasteiger partial charge in [-0.1, -0.05) is 18.2 Å². The van der Waals surface area contributed by atoms with E-state index in [2.05, 4.69) is 0 Å². The first-order valence-electron chi connectivity index (χ1n) is 11.1. The van der Waals surface area contributed by atoms with Crippen molar-refractivity contribution in [3.8, 4) is 28.7 Å². The Balaban J connectivity index is 1.89. The van der Waals surface area contributed by atoms with Crippen LogP contribution in [0.15, 0.2) is 66.7 Å². The number of benzene rings is 4. The number of phenols is 3. The molecule has 4 rings (SSSR count). The lowest BCUT2D eigenvalue weighted by Crippen LogP contribution is -2.13. The van der Waals surface area contributed by atoms with Gasteiger partial charge in [-0.05, 0) is 105 Å². The van der Waals surface area contributed by atoms with E-state index in [1.54, 1.807) is 30.3 Å². The Morgan fingerprint density at radius 2 is 1.12 bits per heavy atom. The van der Waals surface area contributed by atoms with E-state index < -0.39 is 0 Å². The third-order valence-corrected chi connectivity index (χ3v) is 5.78. The molecule has 0 amide bonds. The van der Waals surface area contributed by atoms with Crippen LogP contribution in [-0.2, 0) is 0 Å². The highest BCUT2D eigenvalue weighted by molar-refractivity contribution is 5.86. The Morgan fingerprint density at radius 3 is 1.65 bits per heavy atom. The SMILES string of the molecule is Cc1cc(C)c(N(c2cccc(Oc3ccc(O)c(C)c3)c2)c2c(C)cc(C)cc2O)c(O)c1. The van der Waals surface area contributed by atoms with E-state index >= 15 is 0 Å². The largest absolute Gasteiger partial charge is 0.508 e. The third kappa shape index (κ3) is 4.50. The number of nitrogens with zero attached hydrogens (tertiary/aromatic N) is 1. The number of ether oxygens (including phenoxy) is 1.